The third-order valence-corrected chi connectivity index (χ3v) is 3.21. The Morgan fingerprint density at radius 1 is 1.22 bits per heavy atom. The van der Waals surface area contributed by atoms with Crippen molar-refractivity contribution in [3.05, 3.63) is 35.4 Å². The maximum absolute atomic E-state index is 11.9. The van der Waals surface area contributed by atoms with Crippen LogP contribution in [0.2, 0.25) is 0 Å². The molecule has 0 atom stereocenters. The summed E-state index contributed by atoms with van der Waals surface area (Å²) in [6.07, 6.45) is 2.26. The van der Waals surface area contributed by atoms with E-state index in [1.54, 1.807) is 0 Å². The summed E-state index contributed by atoms with van der Waals surface area (Å²) in [6.45, 7) is 2.03. The van der Waals surface area contributed by atoms with Crippen molar-refractivity contribution in [1.82, 2.24) is 5.32 Å². The highest BCUT2D eigenvalue weighted by atomic mass is 16.5. The first-order chi connectivity index (χ1) is 8.78. The SMILES string of the molecule is NCc1ccc(CC(=O)NC2CCOCC2)cc1. The van der Waals surface area contributed by atoms with Gasteiger partial charge in [0.15, 0.2) is 0 Å². The van der Waals surface area contributed by atoms with Crippen LogP contribution in [0.4, 0.5) is 0 Å². The van der Waals surface area contributed by atoms with E-state index in [0.29, 0.717) is 13.0 Å². The molecule has 1 aliphatic heterocycles. The Morgan fingerprint density at radius 3 is 2.44 bits per heavy atom. The van der Waals surface area contributed by atoms with Gasteiger partial charge in [0.05, 0.1) is 6.42 Å². The minimum absolute atomic E-state index is 0.0856. The summed E-state index contributed by atoms with van der Waals surface area (Å²) < 4.78 is 5.26. The van der Waals surface area contributed by atoms with Gasteiger partial charge >= 0.3 is 0 Å². The number of hydrogen-bond acceptors (Lipinski definition) is 3. The molecule has 0 aromatic heterocycles. The van der Waals surface area contributed by atoms with Crippen molar-refractivity contribution in [2.75, 3.05) is 13.2 Å². The van der Waals surface area contributed by atoms with Gasteiger partial charge in [-0.25, -0.2) is 0 Å². The van der Waals surface area contributed by atoms with E-state index >= 15 is 0 Å². The number of amides is 1. The van der Waals surface area contributed by atoms with Gasteiger partial charge < -0.3 is 15.8 Å². The predicted octanol–water partition coefficient (Wildman–Crippen LogP) is 0.983. The number of hydrogen-bond donors (Lipinski definition) is 2. The van der Waals surface area contributed by atoms with E-state index in [9.17, 15) is 4.79 Å². The van der Waals surface area contributed by atoms with Crippen molar-refractivity contribution < 1.29 is 9.53 Å². The van der Waals surface area contributed by atoms with E-state index in [0.717, 1.165) is 37.2 Å². The molecule has 98 valence electrons. The van der Waals surface area contributed by atoms with Gasteiger partial charge in [-0.3, -0.25) is 4.79 Å². The van der Waals surface area contributed by atoms with E-state index in [1.165, 1.54) is 0 Å². The summed E-state index contributed by atoms with van der Waals surface area (Å²) in [5.74, 6) is 0.0856. The van der Waals surface area contributed by atoms with Gasteiger partial charge in [0.2, 0.25) is 5.91 Å². The molecule has 0 saturated carbocycles. The molecular formula is C14H20N2O2. The maximum Gasteiger partial charge on any atom is 0.224 e. The second-order valence-electron chi connectivity index (χ2n) is 4.65. The minimum Gasteiger partial charge on any atom is -0.381 e. The van der Waals surface area contributed by atoms with Crippen LogP contribution in [0, 0.1) is 0 Å². The highest BCUT2D eigenvalue weighted by molar-refractivity contribution is 5.78. The third kappa shape index (κ3) is 3.82. The monoisotopic (exact) mass is 248 g/mol. The Balaban J connectivity index is 1.82. The lowest BCUT2D eigenvalue weighted by atomic mass is 10.1. The average Bonchev–Trinajstić information content (AvgIpc) is 2.40. The molecule has 3 N–H and O–H groups in total. The zero-order valence-corrected chi connectivity index (χ0v) is 10.5. The second-order valence-corrected chi connectivity index (χ2v) is 4.65. The first-order valence-electron chi connectivity index (χ1n) is 6.43. The first-order valence-corrected chi connectivity index (χ1v) is 6.43. The van der Waals surface area contributed by atoms with Gasteiger partial charge in [-0.05, 0) is 24.0 Å². The van der Waals surface area contributed by atoms with Gasteiger partial charge in [-0.1, -0.05) is 24.3 Å². The number of carbonyl (C=O) groups excluding carboxylic acids is 1. The van der Waals surface area contributed by atoms with Crippen molar-refractivity contribution in [1.29, 1.82) is 0 Å². The van der Waals surface area contributed by atoms with Gasteiger partial charge in [-0.2, -0.15) is 0 Å². The standard InChI is InChI=1S/C14H20N2O2/c15-10-12-3-1-11(2-4-12)9-14(17)16-13-5-7-18-8-6-13/h1-4,13H,5-10,15H2,(H,16,17). The van der Waals surface area contributed by atoms with E-state index in [4.69, 9.17) is 10.5 Å². The lowest BCUT2D eigenvalue weighted by Crippen LogP contribution is -2.39. The van der Waals surface area contributed by atoms with Crippen LogP contribution in [-0.2, 0) is 22.5 Å². The number of rotatable bonds is 4. The highest BCUT2D eigenvalue weighted by Gasteiger charge is 2.15. The molecule has 1 aromatic carbocycles. The van der Waals surface area contributed by atoms with Gasteiger partial charge in [0.25, 0.3) is 0 Å². The highest BCUT2D eigenvalue weighted by Crippen LogP contribution is 2.08. The summed E-state index contributed by atoms with van der Waals surface area (Å²) in [5, 5.41) is 3.05. The smallest absolute Gasteiger partial charge is 0.224 e. The lowest BCUT2D eigenvalue weighted by Gasteiger charge is -2.23. The number of nitrogens with one attached hydrogen (secondary N) is 1. The minimum atomic E-state index is 0.0856. The normalized spacial score (nSPS) is 16.5. The summed E-state index contributed by atoms with van der Waals surface area (Å²) in [4.78, 5) is 11.9. The number of carbonyl (C=O) groups is 1. The lowest BCUT2D eigenvalue weighted by molar-refractivity contribution is -0.121. The third-order valence-electron chi connectivity index (χ3n) is 3.21. The van der Waals surface area contributed by atoms with Crippen LogP contribution in [0.15, 0.2) is 24.3 Å². The van der Waals surface area contributed by atoms with Crippen LogP contribution in [0.3, 0.4) is 0 Å². The maximum atomic E-state index is 11.9. The van der Waals surface area contributed by atoms with Crippen molar-refractivity contribution in [3.63, 3.8) is 0 Å². The molecule has 1 aromatic rings. The van der Waals surface area contributed by atoms with Crippen LogP contribution in [0.25, 0.3) is 0 Å². The zero-order valence-electron chi connectivity index (χ0n) is 10.5. The van der Waals surface area contributed by atoms with Crippen LogP contribution in [0.5, 0.6) is 0 Å². The number of ether oxygens (including phenoxy) is 1. The van der Waals surface area contributed by atoms with Crippen LogP contribution >= 0.6 is 0 Å². The Labute approximate surface area is 108 Å². The summed E-state index contributed by atoms with van der Waals surface area (Å²) in [6, 6.07) is 8.14. The second kappa shape index (κ2) is 6.52. The molecule has 1 amide bonds. The first kappa shape index (κ1) is 13.1. The van der Waals surface area contributed by atoms with Gasteiger partial charge in [-0.15, -0.1) is 0 Å². The van der Waals surface area contributed by atoms with Crippen molar-refractivity contribution in [2.24, 2.45) is 5.73 Å². The molecule has 1 heterocycles. The van der Waals surface area contributed by atoms with Crippen LogP contribution in [0.1, 0.15) is 24.0 Å². The molecule has 0 aliphatic carbocycles. The van der Waals surface area contributed by atoms with Crippen LogP contribution in [-0.4, -0.2) is 25.2 Å². The Bertz CT molecular complexity index is 383. The molecule has 1 saturated heterocycles. The fraction of sp³-hybridized carbons (Fsp3) is 0.500. The molecular weight excluding hydrogens is 228 g/mol. The summed E-state index contributed by atoms with van der Waals surface area (Å²) >= 11 is 0. The van der Waals surface area contributed by atoms with Gasteiger partial charge in [0.1, 0.15) is 0 Å². The topological polar surface area (TPSA) is 64.4 Å². The van der Waals surface area contributed by atoms with E-state index in [2.05, 4.69) is 5.32 Å². The molecule has 4 nitrogen and oxygen atoms in total. The number of benzene rings is 1. The number of nitrogens with two attached hydrogens (primary N) is 1. The Hall–Kier alpha value is -1.39. The van der Waals surface area contributed by atoms with Crippen molar-refractivity contribution in [2.45, 2.75) is 31.8 Å². The van der Waals surface area contributed by atoms with Gasteiger partial charge in [0, 0.05) is 25.8 Å². The molecule has 18 heavy (non-hydrogen) atoms. The molecule has 4 heteroatoms. The predicted molar refractivity (Wildman–Crippen MR) is 70.0 cm³/mol. The summed E-state index contributed by atoms with van der Waals surface area (Å²) in [7, 11) is 0. The van der Waals surface area contributed by atoms with Crippen LogP contribution < -0.4 is 11.1 Å². The van der Waals surface area contributed by atoms with Crippen molar-refractivity contribution in [3.8, 4) is 0 Å². The molecule has 1 aliphatic rings. The van der Waals surface area contributed by atoms with E-state index in [-0.39, 0.29) is 11.9 Å². The molecule has 0 unspecified atom stereocenters. The molecule has 0 spiro atoms. The molecule has 0 radical (unpaired) electrons. The Morgan fingerprint density at radius 2 is 1.83 bits per heavy atom. The fourth-order valence-electron chi connectivity index (χ4n) is 2.10. The molecule has 1 fully saturated rings. The molecule has 2 rings (SSSR count). The zero-order chi connectivity index (χ0) is 12.8. The quantitative estimate of drug-likeness (QED) is 0.835. The Kier molecular flexibility index (Phi) is 4.73. The summed E-state index contributed by atoms with van der Waals surface area (Å²) in [5.41, 5.74) is 7.65. The van der Waals surface area contributed by atoms with E-state index in [1.807, 2.05) is 24.3 Å². The molecule has 0 bridgehead atoms. The van der Waals surface area contributed by atoms with E-state index < -0.39 is 0 Å². The van der Waals surface area contributed by atoms with Crippen molar-refractivity contribution >= 4 is 5.91 Å². The fourth-order valence-corrected chi connectivity index (χ4v) is 2.10. The largest absolute Gasteiger partial charge is 0.381 e. The average molecular weight is 248 g/mol.